The lowest BCUT2D eigenvalue weighted by Gasteiger charge is -2.12. The van der Waals surface area contributed by atoms with Crippen LogP contribution in [0.15, 0.2) is 24.9 Å². The van der Waals surface area contributed by atoms with Crippen molar-refractivity contribution in [1.29, 1.82) is 0 Å². The van der Waals surface area contributed by atoms with Crippen LogP contribution < -0.4 is 0 Å². The van der Waals surface area contributed by atoms with E-state index in [1.165, 1.54) is 5.69 Å². The Morgan fingerprint density at radius 3 is 1.43 bits per heavy atom. The second-order valence-corrected chi connectivity index (χ2v) is 13.3. The number of tetrazole rings is 1. The number of hydrogen-bond acceptors (Lipinski definition) is 8. The minimum Gasteiger partial charge on any atom is -0.315 e. The molecule has 0 aromatic carbocycles. The molecule has 248 valence electrons. The molecule has 4 rings (SSSR count). The second kappa shape index (κ2) is 18.4. The van der Waals surface area contributed by atoms with Gasteiger partial charge in [0.2, 0.25) is 0 Å². The van der Waals surface area contributed by atoms with Crippen LogP contribution in [0.4, 0.5) is 0 Å². The monoisotopic (exact) mass is 613 g/mol. The van der Waals surface area contributed by atoms with Crippen LogP contribution in [-0.2, 0) is 0 Å². The van der Waals surface area contributed by atoms with Crippen molar-refractivity contribution >= 4 is 0 Å². The van der Waals surface area contributed by atoms with Crippen LogP contribution in [0.25, 0.3) is 0 Å². The highest BCUT2D eigenvalue weighted by atomic mass is 15.5. The fraction of sp³-hybridized carbons (Fsp3) is 0.750. The van der Waals surface area contributed by atoms with Crippen molar-refractivity contribution in [2.45, 2.75) is 159 Å². The van der Waals surface area contributed by atoms with E-state index in [0.29, 0.717) is 47.8 Å². The van der Waals surface area contributed by atoms with Crippen molar-refractivity contribution in [2.24, 2.45) is 0 Å². The van der Waals surface area contributed by atoms with E-state index >= 15 is 0 Å². The Morgan fingerprint density at radius 1 is 0.523 bits per heavy atom. The fourth-order valence-corrected chi connectivity index (χ4v) is 4.29. The van der Waals surface area contributed by atoms with Crippen LogP contribution >= 0.6 is 0 Å². The Morgan fingerprint density at radius 2 is 1.07 bits per heavy atom. The summed E-state index contributed by atoms with van der Waals surface area (Å²) in [5.74, 6) is 4.98. The molecule has 4 heterocycles. The third-order valence-electron chi connectivity index (χ3n) is 6.59. The molecule has 0 radical (unpaired) electrons. The Labute approximate surface area is 266 Å². The molecule has 4 aromatic rings. The zero-order valence-electron chi connectivity index (χ0n) is 30.3. The number of hydrogen-bond donors (Lipinski definition) is 0. The average molecular weight is 613 g/mol. The molecule has 0 amide bonds. The van der Waals surface area contributed by atoms with Gasteiger partial charge >= 0.3 is 0 Å². The molecular weight excluding hydrogens is 552 g/mol. The largest absolute Gasteiger partial charge is 0.315 e. The SMILES string of the molecule is CC(C)c1ccnn1C(C)C.CC(C)c1ncnn1C(C)C.CC(C)c1nncn1C(C)C.CC(C)c1nnnn1C(C)C. The summed E-state index contributed by atoms with van der Waals surface area (Å²) in [4.78, 5) is 4.19. The first kappa shape index (κ1) is 38.6. The lowest BCUT2D eigenvalue weighted by molar-refractivity contribution is 0.483. The van der Waals surface area contributed by atoms with Gasteiger partial charge in [-0.05, 0) is 77.8 Å². The molecule has 4 aromatic heterocycles. The van der Waals surface area contributed by atoms with Crippen LogP contribution in [0.5, 0.6) is 0 Å². The summed E-state index contributed by atoms with van der Waals surface area (Å²) in [6.45, 7) is 34.0. The fourth-order valence-electron chi connectivity index (χ4n) is 4.29. The highest BCUT2D eigenvalue weighted by molar-refractivity contribution is 5.06. The predicted molar refractivity (Wildman–Crippen MR) is 178 cm³/mol. The molecule has 44 heavy (non-hydrogen) atoms. The van der Waals surface area contributed by atoms with Crippen LogP contribution in [0.3, 0.4) is 0 Å². The van der Waals surface area contributed by atoms with Gasteiger partial charge in [0, 0.05) is 47.8 Å². The molecule has 0 saturated carbocycles. The van der Waals surface area contributed by atoms with Gasteiger partial charge in [-0.2, -0.15) is 10.2 Å². The maximum Gasteiger partial charge on any atom is 0.154 e. The van der Waals surface area contributed by atoms with Crippen molar-refractivity contribution in [1.82, 2.24) is 59.5 Å². The minimum absolute atomic E-state index is 0.349. The first-order valence-electron chi connectivity index (χ1n) is 16.1. The van der Waals surface area contributed by atoms with Crippen molar-refractivity contribution in [3.63, 3.8) is 0 Å². The standard InChI is InChI=1S/C9H16N2.2C8H15N3.C7H14N4/c1-7(2)9-5-6-10-11(9)8(3)4;1-6(2)8-10-9-5-11(8)7(3)4;1-6(2)8-9-5-10-11(8)7(3)4;1-5(2)7-8-9-10-11(7)6(3)4/h5-8H,1-4H3;2*5-7H,1-4H3;5-6H,1-4H3. The van der Waals surface area contributed by atoms with Crippen LogP contribution in [0.1, 0.15) is 182 Å². The molecule has 0 fully saturated rings. The van der Waals surface area contributed by atoms with Gasteiger partial charge < -0.3 is 4.57 Å². The van der Waals surface area contributed by atoms with Gasteiger partial charge in [0.15, 0.2) is 5.82 Å². The van der Waals surface area contributed by atoms with Crippen molar-refractivity contribution in [3.05, 3.63) is 48.1 Å². The highest BCUT2D eigenvalue weighted by Gasteiger charge is 2.12. The Balaban J connectivity index is 0.000000293. The van der Waals surface area contributed by atoms with Crippen LogP contribution in [0.2, 0.25) is 0 Å². The average Bonchev–Trinajstić information content (AvgIpc) is 3.75. The summed E-state index contributed by atoms with van der Waals surface area (Å²) >= 11 is 0. The van der Waals surface area contributed by atoms with Crippen LogP contribution in [0, 0.1) is 0 Å². The summed E-state index contributed by atoms with van der Waals surface area (Å²) in [7, 11) is 0. The normalized spacial score (nSPS) is 11.5. The summed E-state index contributed by atoms with van der Waals surface area (Å²) in [6, 6.07) is 3.78. The minimum atomic E-state index is 0.349. The maximum absolute atomic E-state index is 4.25. The lowest BCUT2D eigenvalue weighted by atomic mass is 10.1. The van der Waals surface area contributed by atoms with Gasteiger partial charge in [-0.1, -0.05) is 55.4 Å². The highest BCUT2D eigenvalue weighted by Crippen LogP contribution is 2.17. The van der Waals surface area contributed by atoms with E-state index in [0.717, 1.165) is 17.5 Å². The molecule has 0 aliphatic heterocycles. The molecular formula is C32H60N12. The van der Waals surface area contributed by atoms with Gasteiger partial charge in [-0.15, -0.1) is 15.3 Å². The molecule has 0 unspecified atom stereocenters. The Kier molecular flexibility index (Phi) is 16.1. The lowest BCUT2D eigenvalue weighted by Crippen LogP contribution is -2.09. The second-order valence-electron chi connectivity index (χ2n) is 13.3. The third-order valence-corrected chi connectivity index (χ3v) is 6.59. The number of aromatic nitrogens is 12. The van der Waals surface area contributed by atoms with E-state index in [4.69, 9.17) is 0 Å². The molecule has 0 aliphatic rings. The van der Waals surface area contributed by atoms with E-state index in [-0.39, 0.29) is 0 Å². The number of rotatable bonds is 8. The zero-order valence-corrected chi connectivity index (χ0v) is 30.3. The van der Waals surface area contributed by atoms with Gasteiger partial charge in [0.25, 0.3) is 0 Å². The van der Waals surface area contributed by atoms with Crippen molar-refractivity contribution in [2.75, 3.05) is 0 Å². The number of nitrogens with zero attached hydrogens (tertiary/aromatic N) is 12. The van der Waals surface area contributed by atoms with Crippen LogP contribution in [-0.4, -0.2) is 59.5 Å². The summed E-state index contributed by atoms with van der Waals surface area (Å²) in [6.07, 6.45) is 5.28. The van der Waals surface area contributed by atoms with Gasteiger partial charge in [0.1, 0.15) is 24.3 Å². The summed E-state index contributed by atoms with van der Waals surface area (Å²) in [5.41, 5.74) is 1.32. The smallest absolute Gasteiger partial charge is 0.154 e. The molecule has 0 bridgehead atoms. The molecule has 0 aliphatic carbocycles. The van der Waals surface area contributed by atoms with E-state index in [1.54, 1.807) is 12.7 Å². The predicted octanol–water partition coefficient (Wildman–Crippen LogP) is 7.93. The quantitative estimate of drug-likeness (QED) is 0.196. The maximum atomic E-state index is 4.25. The summed E-state index contributed by atoms with van der Waals surface area (Å²) in [5, 5.41) is 27.8. The molecule has 12 heteroatoms. The first-order chi connectivity index (χ1) is 20.5. The third kappa shape index (κ3) is 11.6. The van der Waals surface area contributed by atoms with Gasteiger partial charge in [-0.3, -0.25) is 4.68 Å². The molecule has 12 nitrogen and oxygen atoms in total. The van der Waals surface area contributed by atoms with E-state index in [1.807, 2.05) is 15.6 Å². The molecule has 0 saturated heterocycles. The van der Waals surface area contributed by atoms with Crippen molar-refractivity contribution < 1.29 is 0 Å². The van der Waals surface area contributed by atoms with E-state index in [2.05, 4.69) is 167 Å². The van der Waals surface area contributed by atoms with E-state index in [9.17, 15) is 0 Å². The Hall–Kier alpha value is -3.44. The summed E-state index contributed by atoms with van der Waals surface area (Å²) < 4.78 is 7.99. The van der Waals surface area contributed by atoms with Crippen molar-refractivity contribution in [3.8, 4) is 0 Å². The molecule has 0 spiro atoms. The molecule has 0 N–H and O–H groups in total. The molecule has 0 atom stereocenters. The van der Waals surface area contributed by atoms with E-state index < -0.39 is 0 Å². The van der Waals surface area contributed by atoms with Gasteiger partial charge in [0.05, 0.1) is 6.04 Å². The Bertz CT molecular complexity index is 1010. The topological polar surface area (TPSA) is 123 Å². The first-order valence-corrected chi connectivity index (χ1v) is 16.1. The van der Waals surface area contributed by atoms with Gasteiger partial charge in [-0.25, -0.2) is 14.3 Å². The zero-order chi connectivity index (χ0) is 33.7.